The maximum atomic E-state index is 13.3. The average Bonchev–Trinajstić information content (AvgIpc) is 2.12. The molecular weight excluding hydrogens is 211 g/mol. The van der Waals surface area contributed by atoms with Crippen molar-refractivity contribution >= 4 is 5.97 Å². The molecule has 1 N–H and O–H groups in total. The quantitative estimate of drug-likeness (QED) is 0.846. The molecule has 0 fully saturated rings. The van der Waals surface area contributed by atoms with Gasteiger partial charge in [0, 0.05) is 17.3 Å². The van der Waals surface area contributed by atoms with E-state index in [1.54, 1.807) is 0 Å². The molecule has 0 aromatic carbocycles. The standard InChI is InChI=1S/C9H8F3NO2/c1-4-8(10)5(2-7(14)15)6(3-13-4)9(11)12/h3,9H,2H2,1H3,(H,14,15). The highest BCUT2D eigenvalue weighted by molar-refractivity contribution is 5.70. The Kier molecular flexibility index (Phi) is 3.28. The first-order valence-electron chi connectivity index (χ1n) is 4.07. The summed E-state index contributed by atoms with van der Waals surface area (Å²) in [5, 5.41) is 8.46. The number of carboxylic acid groups (broad SMARTS) is 1. The molecule has 1 aromatic rings. The molecule has 0 spiro atoms. The average molecular weight is 219 g/mol. The summed E-state index contributed by atoms with van der Waals surface area (Å²) in [6.45, 7) is 1.29. The maximum absolute atomic E-state index is 13.3. The lowest BCUT2D eigenvalue weighted by molar-refractivity contribution is -0.136. The number of alkyl halides is 2. The summed E-state index contributed by atoms with van der Waals surface area (Å²) >= 11 is 0. The van der Waals surface area contributed by atoms with Crippen molar-refractivity contribution in [2.75, 3.05) is 0 Å². The van der Waals surface area contributed by atoms with E-state index in [1.807, 2.05) is 0 Å². The Morgan fingerprint density at radius 2 is 2.20 bits per heavy atom. The van der Waals surface area contributed by atoms with Crippen LogP contribution in [0.1, 0.15) is 23.2 Å². The monoisotopic (exact) mass is 219 g/mol. The van der Waals surface area contributed by atoms with E-state index in [0.717, 1.165) is 6.20 Å². The Morgan fingerprint density at radius 3 is 2.67 bits per heavy atom. The van der Waals surface area contributed by atoms with E-state index < -0.39 is 35.8 Å². The van der Waals surface area contributed by atoms with Crippen molar-refractivity contribution < 1.29 is 23.1 Å². The van der Waals surface area contributed by atoms with E-state index in [-0.39, 0.29) is 5.69 Å². The number of pyridine rings is 1. The predicted octanol–water partition coefficient (Wildman–Crippen LogP) is 2.09. The molecule has 0 aliphatic rings. The molecule has 15 heavy (non-hydrogen) atoms. The summed E-state index contributed by atoms with van der Waals surface area (Å²) in [5.74, 6) is -2.34. The first-order chi connectivity index (χ1) is 6.93. The van der Waals surface area contributed by atoms with Crippen molar-refractivity contribution in [3.63, 3.8) is 0 Å². The van der Waals surface area contributed by atoms with Crippen LogP contribution in [0.4, 0.5) is 13.2 Å². The number of hydrogen-bond donors (Lipinski definition) is 1. The smallest absolute Gasteiger partial charge is 0.307 e. The second-order valence-electron chi connectivity index (χ2n) is 2.96. The molecule has 0 bridgehead atoms. The number of carbonyl (C=O) groups is 1. The van der Waals surface area contributed by atoms with Gasteiger partial charge in [-0.25, -0.2) is 13.2 Å². The van der Waals surface area contributed by atoms with E-state index in [9.17, 15) is 18.0 Å². The molecule has 0 aliphatic carbocycles. The number of aryl methyl sites for hydroxylation is 1. The zero-order valence-corrected chi connectivity index (χ0v) is 7.80. The third-order valence-corrected chi connectivity index (χ3v) is 1.89. The Labute approximate surface area is 83.6 Å². The molecule has 0 aliphatic heterocycles. The van der Waals surface area contributed by atoms with Gasteiger partial charge in [-0.2, -0.15) is 0 Å². The van der Waals surface area contributed by atoms with Gasteiger partial charge in [0.15, 0.2) is 0 Å². The SMILES string of the molecule is Cc1ncc(C(F)F)c(CC(=O)O)c1F. The highest BCUT2D eigenvalue weighted by Gasteiger charge is 2.20. The third-order valence-electron chi connectivity index (χ3n) is 1.89. The fourth-order valence-electron chi connectivity index (χ4n) is 1.16. The molecule has 0 atom stereocenters. The molecule has 0 unspecified atom stereocenters. The number of aromatic nitrogens is 1. The van der Waals surface area contributed by atoms with Crippen LogP contribution in [-0.4, -0.2) is 16.1 Å². The number of rotatable bonds is 3. The molecule has 1 heterocycles. The van der Waals surface area contributed by atoms with Gasteiger partial charge in [-0.05, 0) is 6.92 Å². The molecule has 0 saturated heterocycles. The van der Waals surface area contributed by atoms with Crippen molar-refractivity contribution in [2.24, 2.45) is 0 Å². The van der Waals surface area contributed by atoms with E-state index in [2.05, 4.69) is 4.98 Å². The zero-order chi connectivity index (χ0) is 11.6. The van der Waals surface area contributed by atoms with Crippen molar-refractivity contribution in [1.82, 2.24) is 4.98 Å². The van der Waals surface area contributed by atoms with Crippen LogP contribution >= 0.6 is 0 Å². The number of nitrogens with zero attached hydrogens (tertiary/aromatic N) is 1. The highest BCUT2D eigenvalue weighted by Crippen LogP contribution is 2.25. The van der Waals surface area contributed by atoms with Gasteiger partial charge in [-0.3, -0.25) is 9.78 Å². The molecule has 3 nitrogen and oxygen atoms in total. The first-order valence-corrected chi connectivity index (χ1v) is 4.07. The normalized spacial score (nSPS) is 10.7. The Bertz CT molecular complexity index is 393. The summed E-state index contributed by atoms with van der Waals surface area (Å²) in [7, 11) is 0. The first kappa shape index (κ1) is 11.5. The second kappa shape index (κ2) is 4.29. The minimum Gasteiger partial charge on any atom is -0.481 e. The van der Waals surface area contributed by atoms with Crippen LogP contribution in [0.25, 0.3) is 0 Å². The van der Waals surface area contributed by atoms with E-state index in [1.165, 1.54) is 6.92 Å². The van der Waals surface area contributed by atoms with Gasteiger partial charge in [-0.1, -0.05) is 0 Å². The Hall–Kier alpha value is -1.59. The minimum absolute atomic E-state index is 0.0874. The lowest BCUT2D eigenvalue weighted by atomic mass is 10.1. The van der Waals surface area contributed by atoms with Gasteiger partial charge in [-0.15, -0.1) is 0 Å². The van der Waals surface area contributed by atoms with Crippen LogP contribution < -0.4 is 0 Å². The molecule has 1 rings (SSSR count). The van der Waals surface area contributed by atoms with Crippen molar-refractivity contribution in [1.29, 1.82) is 0 Å². The van der Waals surface area contributed by atoms with Gasteiger partial charge in [0.25, 0.3) is 6.43 Å². The van der Waals surface area contributed by atoms with Crippen LogP contribution in [0.2, 0.25) is 0 Å². The second-order valence-corrected chi connectivity index (χ2v) is 2.96. The lowest BCUT2D eigenvalue weighted by Gasteiger charge is -2.08. The molecule has 0 amide bonds. The minimum atomic E-state index is -2.93. The van der Waals surface area contributed by atoms with E-state index in [4.69, 9.17) is 5.11 Å². The summed E-state index contributed by atoms with van der Waals surface area (Å²) in [5.41, 5.74) is -1.25. The van der Waals surface area contributed by atoms with Crippen LogP contribution in [0, 0.1) is 12.7 Å². The van der Waals surface area contributed by atoms with Crippen LogP contribution in [0.3, 0.4) is 0 Å². The third kappa shape index (κ3) is 2.45. The fraction of sp³-hybridized carbons (Fsp3) is 0.333. The largest absolute Gasteiger partial charge is 0.481 e. The molecule has 1 aromatic heterocycles. The van der Waals surface area contributed by atoms with Crippen LogP contribution in [0.5, 0.6) is 0 Å². The maximum Gasteiger partial charge on any atom is 0.307 e. The van der Waals surface area contributed by atoms with Gasteiger partial charge >= 0.3 is 5.97 Å². The van der Waals surface area contributed by atoms with Gasteiger partial charge in [0.05, 0.1) is 12.1 Å². The summed E-state index contributed by atoms with van der Waals surface area (Å²) < 4.78 is 38.1. The van der Waals surface area contributed by atoms with Crippen molar-refractivity contribution in [3.8, 4) is 0 Å². The van der Waals surface area contributed by atoms with Gasteiger partial charge < -0.3 is 5.11 Å². The van der Waals surface area contributed by atoms with Crippen LogP contribution in [-0.2, 0) is 11.2 Å². The molecule has 82 valence electrons. The number of carboxylic acids is 1. The molecule has 0 radical (unpaired) electrons. The van der Waals surface area contributed by atoms with Crippen molar-refractivity contribution in [2.45, 2.75) is 19.8 Å². The number of halogens is 3. The Balaban J connectivity index is 3.28. The fourth-order valence-corrected chi connectivity index (χ4v) is 1.16. The topological polar surface area (TPSA) is 50.2 Å². The Morgan fingerprint density at radius 1 is 1.60 bits per heavy atom. The molecule has 6 heteroatoms. The number of aliphatic carboxylic acids is 1. The van der Waals surface area contributed by atoms with E-state index in [0.29, 0.717) is 0 Å². The summed E-state index contributed by atoms with van der Waals surface area (Å²) in [6.07, 6.45) is -2.89. The highest BCUT2D eigenvalue weighted by atomic mass is 19.3. The van der Waals surface area contributed by atoms with Crippen molar-refractivity contribution in [3.05, 3.63) is 28.8 Å². The predicted molar refractivity (Wildman–Crippen MR) is 45.2 cm³/mol. The van der Waals surface area contributed by atoms with Gasteiger partial charge in [0.2, 0.25) is 0 Å². The summed E-state index contributed by atoms with van der Waals surface area (Å²) in [6, 6.07) is 0. The lowest BCUT2D eigenvalue weighted by Crippen LogP contribution is -2.09. The molecular formula is C9H8F3NO2. The number of hydrogen-bond acceptors (Lipinski definition) is 2. The molecule has 0 saturated carbocycles. The van der Waals surface area contributed by atoms with Gasteiger partial charge in [0.1, 0.15) is 5.82 Å². The zero-order valence-electron chi connectivity index (χ0n) is 7.80. The van der Waals surface area contributed by atoms with E-state index >= 15 is 0 Å². The summed E-state index contributed by atoms with van der Waals surface area (Å²) in [4.78, 5) is 13.8. The van der Waals surface area contributed by atoms with Crippen LogP contribution in [0.15, 0.2) is 6.20 Å².